The smallest absolute Gasteiger partial charge is 0.410 e. The first-order valence-electron chi connectivity index (χ1n) is 9.14. The molecule has 1 heterocycles. The van der Waals surface area contributed by atoms with Gasteiger partial charge in [0.05, 0.1) is 0 Å². The number of amides is 1. The molecule has 0 spiro atoms. The molecule has 1 aliphatic rings. The largest absolute Gasteiger partial charge is 0.412 e. The Morgan fingerprint density at radius 3 is 2.77 bits per heavy atom. The lowest BCUT2D eigenvalue weighted by Gasteiger charge is -2.19. The van der Waals surface area contributed by atoms with Gasteiger partial charge in [-0.1, -0.05) is 30.3 Å². The van der Waals surface area contributed by atoms with Gasteiger partial charge < -0.3 is 19.9 Å². The van der Waals surface area contributed by atoms with Crippen molar-refractivity contribution in [3.05, 3.63) is 59.7 Å². The number of ether oxygens (including phenoxy) is 1. The van der Waals surface area contributed by atoms with Gasteiger partial charge in [0.15, 0.2) is 0 Å². The van der Waals surface area contributed by atoms with Crippen molar-refractivity contribution in [3.8, 4) is 5.75 Å². The van der Waals surface area contributed by atoms with Crippen molar-refractivity contribution in [2.45, 2.75) is 19.4 Å². The number of carbonyl (C=O) groups is 1. The van der Waals surface area contributed by atoms with E-state index >= 15 is 0 Å². The normalized spacial score (nSPS) is 13.0. The Bertz CT molecular complexity index is 731. The summed E-state index contributed by atoms with van der Waals surface area (Å²) in [5.74, 6) is 0.607. The summed E-state index contributed by atoms with van der Waals surface area (Å²) in [6.45, 7) is 3.45. The number of hydrogen-bond acceptors (Lipinski definition) is 4. The van der Waals surface area contributed by atoms with Crippen LogP contribution in [0.25, 0.3) is 0 Å². The second kappa shape index (κ2) is 8.72. The van der Waals surface area contributed by atoms with Crippen LogP contribution in [0.1, 0.15) is 17.5 Å². The highest BCUT2D eigenvalue weighted by Crippen LogP contribution is 2.32. The van der Waals surface area contributed by atoms with Crippen LogP contribution in [0.4, 0.5) is 10.5 Å². The van der Waals surface area contributed by atoms with E-state index in [1.165, 1.54) is 16.8 Å². The summed E-state index contributed by atoms with van der Waals surface area (Å²) < 4.78 is 5.42. The van der Waals surface area contributed by atoms with E-state index < -0.39 is 0 Å². The fourth-order valence-electron chi connectivity index (χ4n) is 3.21. The van der Waals surface area contributed by atoms with Crippen molar-refractivity contribution in [1.82, 2.24) is 10.2 Å². The third-order valence-electron chi connectivity index (χ3n) is 4.52. The lowest BCUT2D eigenvalue weighted by Crippen LogP contribution is -2.29. The zero-order valence-electron chi connectivity index (χ0n) is 15.6. The zero-order valence-corrected chi connectivity index (χ0v) is 15.6. The van der Waals surface area contributed by atoms with E-state index in [2.05, 4.69) is 45.4 Å². The second-order valence-corrected chi connectivity index (χ2v) is 6.92. The quantitative estimate of drug-likeness (QED) is 0.776. The van der Waals surface area contributed by atoms with Crippen molar-refractivity contribution in [1.29, 1.82) is 0 Å². The van der Waals surface area contributed by atoms with E-state index in [0.29, 0.717) is 12.3 Å². The highest BCUT2D eigenvalue weighted by Gasteiger charge is 2.20. The third-order valence-corrected chi connectivity index (χ3v) is 4.52. The topological polar surface area (TPSA) is 44.8 Å². The van der Waals surface area contributed by atoms with Crippen LogP contribution in [0.2, 0.25) is 0 Å². The molecule has 0 bridgehead atoms. The predicted octanol–water partition coefficient (Wildman–Crippen LogP) is 3.29. The van der Waals surface area contributed by atoms with E-state index in [-0.39, 0.29) is 6.09 Å². The molecule has 1 amide bonds. The van der Waals surface area contributed by atoms with Gasteiger partial charge in [-0.3, -0.25) is 0 Å². The van der Waals surface area contributed by atoms with E-state index in [1.807, 2.05) is 32.3 Å². The predicted molar refractivity (Wildman–Crippen MR) is 105 cm³/mol. The molecule has 0 saturated carbocycles. The van der Waals surface area contributed by atoms with Crippen LogP contribution in [0.15, 0.2) is 48.5 Å². The van der Waals surface area contributed by atoms with Crippen LogP contribution in [0.3, 0.4) is 0 Å². The summed E-state index contributed by atoms with van der Waals surface area (Å²) in [6, 6.07) is 16.4. The fraction of sp³-hybridized carbons (Fsp3) is 0.381. The Hall–Kier alpha value is -2.53. The van der Waals surface area contributed by atoms with Crippen LogP contribution >= 0.6 is 0 Å². The molecular formula is C21H27N3O2. The molecule has 3 rings (SSSR count). The average Bonchev–Trinajstić information content (AvgIpc) is 3.01. The molecule has 0 radical (unpaired) electrons. The molecule has 0 atom stereocenters. The van der Waals surface area contributed by atoms with E-state index in [4.69, 9.17) is 4.74 Å². The maximum Gasteiger partial charge on any atom is 0.412 e. The maximum atomic E-state index is 11.9. The molecule has 5 heteroatoms. The van der Waals surface area contributed by atoms with E-state index in [1.54, 1.807) is 0 Å². The molecular weight excluding hydrogens is 326 g/mol. The zero-order chi connectivity index (χ0) is 18.4. The van der Waals surface area contributed by atoms with Crippen molar-refractivity contribution in [2.24, 2.45) is 0 Å². The molecule has 2 aromatic carbocycles. The second-order valence-electron chi connectivity index (χ2n) is 6.92. The molecule has 26 heavy (non-hydrogen) atoms. The first-order valence-corrected chi connectivity index (χ1v) is 9.14. The molecule has 2 aromatic rings. The minimum atomic E-state index is -0.386. The van der Waals surface area contributed by atoms with Crippen LogP contribution in [0.5, 0.6) is 5.75 Å². The number of nitrogens with zero attached hydrogens (tertiary/aromatic N) is 2. The number of hydrogen-bond donors (Lipinski definition) is 1. The van der Waals surface area contributed by atoms with E-state index in [0.717, 1.165) is 32.5 Å². The summed E-state index contributed by atoms with van der Waals surface area (Å²) in [7, 11) is 4.04. The van der Waals surface area contributed by atoms with Gasteiger partial charge in [-0.05, 0) is 62.8 Å². The molecule has 0 unspecified atom stereocenters. The standard InChI is InChI=1S/C21H27N3O2/c1-23(2)13-6-12-22-21(25)26-19-9-10-20-18(15-19)11-14-24(20)16-17-7-4-3-5-8-17/h3-5,7-10,15H,6,11-14,16H2,1-2H3,(H,22,25). The third kappa shape index (κ3) is 4.99. The number of nitrogens with one attached hydrogen (secondary N) is 1. The first-order chi connectivity index (χ1) is 12.6. The van der Waals surface area contributed by atoms with Gasteiger partial charge in [-0.2, -0.15) is 0 Å². The molecule has 1 N–H and O–H groups in total. The Labute approximate surface area is 155 Å². The molecule has 1 aliphatic heterocycles. The van der Waals surface area contributed by atoms with Crippen molar-refractivity contribution in [3.63, 3.8) is 0 Å². The molecule has 0 aliphatic carbocycles. The Morgan fingerprint density at radius 1 is 1.19 bits per heavy atom. The summed E-state index contributed by atoms with van der Waals surface area (Å²) >= 11 is 0. The van der Waals surface area contributed by atoms with Gasteiger partial charge in [-0.15, -0.1) is 0 Å². The number of carbonyl (C=O) groups excluding carboxylic acids is 1. The number of rotatable bonds is 7. The van der Waals surface area contributed by atoms with Crippen LogP contribution in [0, 0.1) is 0 Å². The molecule has 5 nitrogen and oxygen atoms in total. The minimum absolute atomic E-state index is 0.386. The lowest BCUT2D eigenvalue weighted by atomic mass is 10.1. The fourth-order valence-corrected chi connectivity index (χ4v) is 3.21. The minimum Gasteiger partial charge on any atom is -0.410 e. The van der Waals surface area contributed by atoms with Crippen molar-refractivity contribution >= 4 is 11.8 Å². The SMILES string of the molecule is CN(C)CCCNC(=O)Oc1ccc2c(c1)CCN2Cc1ccccc1. The van der Waals surface area contributed by atoms with Crippen molar-refractivity contribution < 1.29 is 9.53 Å². The monoisotopic (exact) mass is 353 g/mol. The van der Waals surface area contributed by atoms with Gasteiger partial charge in [0, 0.05) is 25.3 Å². The van der Waals surface area contributed by atoms with E-state index in [9.17, 15) is 4.79 Å². The molecule has 0 saturated heterocycles. The van der Waals surface area contributed by atoms with Crippen LogP contribution in [-0.4, -0.2) is 44.7 Å². The number of fused-ring (bicyclic) bond motifs is 1. The summed E-state index contributed by atoms with van der Waals surface area (Å²) in [6.07, 6.45) is 1.49. The number of benzene rings is 2. The highest BCUT2D eigenvalue weighted by molar-refractivity contribution is 5.71. The Morgan fingerprint density at radius 2 is 2.00 bits per heavy atom. The summed E-state index contributed by atoms with van der Waals surface area (Å²) in [5.41, 5.74) is 3.77. The van der Waals surface area contributed by atoms with Gasteiger partial charge in [0.1, 0.15) is 5.75 Å². The summed E-state index contributed by atoms with van der Waals surface area (Å²) in [5, 5.41) is 2.80. The van der Waals surface area contributed by atoms with Gasteiger partial charge >= 0.3 is 6.09 Å². The molecule has 0 fully saturated rings. The van der Waals surface area contributed by atoms with Gasteiger partial charge in [0.25, 0.3) is 0 Å². The van der Waals surface area contributed by atoms with Crippen molar-refractivity contribution in [2.75, 3.05) is 38.6 Å². The maximum absolute atomic E-state index is 11.9. The van der Waals surface area contributed by atoms with Crippen LogP contribution < -0.4 is 15.0 Å². The first kappa shape index (κ1) is 18.3. The average molecular weight is 353 g/mol. The Kier molecular flexibility index (Phi) is 6.12. The molecule has 0 aromatic heterocycles. The molecule has 138 valence electrons. The lowest BCUT2D eigenvalue weighted by molar-refractivity contribution is 0.200. The Balaban J connectivity index is 1.54. The highest BCUT2D eigenvalue weighted by atomic mass is 16.6. The summed E-state index contributed by atoms with van der Waals surface area (Å²) in [4.78, 5) is 16.4. The van der Waals surface area contributed by atoms with Gasteiger partial charge in [-0.25, -0.2) is 4.79 Å². The number of anilines is 1. The van der Waals surface area contributed by atoms with Gasteiger partial charge in [0.2, 0.25) is 0 Å². The van der Waals surface area contributed by atoms with Crippen LogP contribution in [-0.2, 0) is 13.0 Å².